The van der Waals surface area contributed by atoms with E-state index in [0.717, 1.165) is 0 Å². The molecule has 0 aromatic carbocycles. The van der Waals surface area contributed by atoms with Crippen LogP contribution in [0.5, 0.6) is 0 Å². The second-order valence-corrected chi connectivity index (χ2v) is 6.58. The maximum absolute atomic E-state index is 4.56. The van der Waals surface area contributed by atoms with E-state index in [0.29, 0.717) is 13.0 Å². The molecule has 0 rings (SSSR count). The molecule has 10 heteroatoms. The van der Waals surface area contributed by atoms with Crippen LogP contribution in [0.25, 0.3) is 0 Å². The summed E-state index contributed by atoms with van der Waals surface area (Å²) in [5, 5.41) is 0. The Balaban J connectivity index is -0.0000000865. The van der Waals surface area contributed by atoms with Crippen molar-refractivity contribution in [2.24, 2.45) is 0 Å². The van der Waals surface area contributed by atoms with Gasteiger partial charge in [0.25, 0.3) is 0 Å². The number of nitrogens with zero attached hydrogens (tertiary/aromatic N) is 3. The maximum Gasteiger partial charge on any atom is 3.00 e. The standard InChI is InChI=1S/3C3H7NS2.Ga/c3*1-4(2)3(5)6;/h3*1-2H3,(H,5,6);/q;;;+3/p-3. The van der Waals surface area contributed by atoms with Crippen molar-refractivity contribution in [1.29, 1.82) is 0 Å². The first-order valence-corrected chi connectivity index (χ1v) is 7.03. The summed E-state index contributed by atoms with van der Waals surface area (Å²) in [5.74, 6) is 0. The van der Waals surface area contributed by atoms with Gasteiger partial charge in [-0.1, -0.05) is 13.0 Å². The SMILES string of the molecule is CN(C)C(=S)[S-].CN(C)C(=S)[S-].CN(C)C(=S)[S-].[Ga+3]. The Kier molecular flexibility index (Phi) is 25.2. The predicted molar refractivity (Wildman–Crippen MR) is 107 cm³/mol. The third-order valence-electron chi connectivity index (χ3n) is 1.10. The zero-order valence-corrected chi connectivity index (χ0v) is 19.2. The van der Waals surface area contributed by atoms with Crippen LogP contribution in [0.3, 0.4) is 0 Å². The molecule has 3 nitrogen and oxygen atoms in total. The van der Waals surface area contributed by atoms with Crippen LogP contribution in [-0.2, 0) is 37.9 Å². The largest absolute Gasteiger partial charge is 3.00 e. The Morgan fingerprint density at radius 3 is 0.632 bits per heavy atom. The molecule has 0 radical (unpaired) electrons. The van der Waals surface area contributed by atoms with E-state index in [9.17, 15) is 0 Å². The fraction of sp³-hybridized carbons (Fsp3) is 0.667. The Bertz CT molecular complexity index is 228. The first-order valence-electron chi connectivity index (χ1n) is 4.58. The van der Waals surface area contributed by atoms with Crippen molar-refractivity contribution >= 4 is 107 Å². The van der Waals surface area contributed by atoms with E-state index >= 15 is 0 Å². The molecule has 0 heterocycles. The van der Waals surface area contributed by atoms with Gasteiger partial charge < -0.3 is 89.2 Å². The van der Waals surface area contributed by atoms with Gasteiger partial charge in [0.15, 0.2) is 0 Å². The third-order valence-corrected chi connectivity index (χ3v) is 3.29. The summed E-state index contributed by atoms with van der Waals surface area (Å²) in [6, 6.07) is 0. The zero-order chi connectivity index (χ0) is 15.5. The van der Waals surface area contributed by atoms with Gasteiger partial charge in [-0.05, 0) is 0 Å². The monoisotopic (exact) mass is 429 g/mol. The molecular weight excluding hydrogens is 412 g/mol. The molecule has 0 bridgehead atoms. The summed E-state index contributed by atoms with van der Waals surface area (Å²) < 4.78 is 1.53. The number of hydrogen-bond donors (Lipinski definition) is 0. The van der Waals surface area contributed by atoms with Crippen molar-refractivity contribution in [3.05, 3.63) is 0 Å². The van der Waals surface area contributed by atoms with Gasteiger partial charge >= 0.3 is 19.8 Å². The fourth-order valence-corrected chi connectivity index (χ4v) is 0. The van der Waals surface area contributed by atoms with Gasteiger partial charge in [0.2, 0.25) is 0 Å². The minimum Gasteiger partial charge on any atom is -0.411 e. The third kappa shape index (κ3) is 32.5. The van der Waals surface area contributed by atoms with Crippen molar-refractivity contribution in [2.45, 2.75) is 0 Å². The molecule has 0 fully saturated rings. The molecular formula is C9H18GaN3S6. The number of rotatable bonds is 0. The Labute approximate surface area is 163 Å². The van der Waals surface area contributed by atoms with Crippen LogP contribution in [0.4, 0.5) is 0 Å². The van der Waals surface area contributed by atoms with Crippen molar-refractivity contribution in [3.63, 3.8) is 0 Å². The van der Waals surface area contributed by atoms with E-state index in [1.165, 1.54) is 0 Å². The van der Waals surface area contributed by atoms with Crippen LogP contribution in [-0.4, -0.2) is 89.7 Å². The summed E-state index contributed by atoms with van der Waals surface area (Å²) >= 11 is 27.4. The maximum atomic E-state index is 4.56. The summed E-state index contributed by atoms with van der Waals surface area (Å²) in [6.07, 6.45) is 0. The fourth-order valence-electron chi connectivity index (χ4n) is 0. The van der Waals surface area contributed by atoms with E-state index in [1.54, 1.807) is 14.7 Å². The second kappa shape index (κ2) is 17.0. The quantitative estimate of drug-likeness (QED) is 0.310. The molecule has 0 spiro atoms. The minimum atomic E-state index is 0. The van der Waals surface area contributed by atoms with E-state index in [1.807, 2.05) is 42.3 Å². The van der Waals surface area contributed by atoms with Crippen LogP contribution in [0.2, 0.25) is 0 Å². The molecule has 0 aromatic rings. The van der Waals surface area contributed by atoms with Crippen LogP contribution >= 0.6 is 36.7 Å². The van der Waals surface area contributed by atoms with Gasteiger partial charge in [-0.2, -0.15) is 0 Å². The topological polar surface area (TPSA) is 9.72 Å². The van der Waals surface area contributed by atoms with Crippen LogP contribution in [0.15, 0.2) is 0 Å². The van der Waals surface area contributed by atoms with Crippen LogP contribution in [0, 0.1) is 0 Å². The van der Waals surface area contributed by atoms with E-state index < -0.39 is 0 Å². The number of hydrogen-bond acceptors (Lipinski definition) is 6. The Morgan fingerprint density at radius 2 is 0.632 bits per heavy atom. The molecule has 0 aromatic heterocycles. The van der Waals surface area contributed by atoms with E-state index in [2.05, 4.69) is 74.5 Å². The van der Waals surface area contributed by atoms with Gasteiger partial charge in [-0.15, -0.1) is 0 Å². The van der Waals surface area contributed by atoms with Gasteiger partial charge in [-0.3, -0.25) is 0 Å². The Morgan fingerprint density at radius 1 is 0.579 bits per heavy atom. The molecule has 108 valence electrons. The number of thiocarbonyl (C=S) groups is 3. The van der Waals surface area contributed by atoms with Crippen molar-refractivity contribution in [2.75, 3.05) is 42.3 Å². The molecule has 0 N–H and O–H groups in total. The Hall–Kier alpha value is 0.966. The summed E-state index contributed by atoms with van der Waals surface area (Å²) in [7, 11) is 11.0. The van der Waals surface area contributed by atoms with Crippen molar-refractivity contribution < 1.29 is 0 Å². The predicted octanol–water partition coefficient (Wildman–Crippen LogP) is 0.759. The zero-order valence-electron chi connectivity index (χ0n) is 11.9. The van der Waals surface area contributed by atoms with Gasteiger partial charge in [0, 0.05) is 42.3 Å². The molecule has 19 heavy (non-hydrogen) atoms. The summed E-state index contributed by atoms with van der Waals surface area (Å²) in [4.78, 5) is 5.14. The average molecular weight is 430 g/mol. The first kappa shape index (κ1) is 28.2. The van der Waals surface area contributed by atoms with Crippen molar-refractivity contribution in [3.8, 4) is 0 Å². The van der Waals surface area contributed by atoms with E-state index in [4.69, 9.17) is 0 Å². The van der Waals surface area contributed by atoms with Crippen LogP contribution in [0.1, 0.15) is 0 Å². The van der Waals surface area contributed by atoms with Gasteiger partial charge in [0.1, 0.15) is 0 Å². The average Bonchev–Trinajstić information content (AvgIpc) is 2.18. The molecule has 0 aliphatic rings. The molecule has 0 saturated heterocycles. The second-order valence-electron chi connectivity index (χ2n) is 3.48. The molecule has 0 saturated carbocycles. The van der Waals surface area contributed by atoms with Gasteiger partial charge in [-0.25, -0.2) is 0 Å². The van der Waals surface area contributed by atoms with Crippen LogP contribution < -0.4 is 0 Å². The molecule has 0 aliphatic carbocycles. The van der Waals surface area contributed by atoms with E-state index in [-0.39, 0.29) is 19.8 Å². The molecule has 0 atom stereocenters. The molecule has 0 unspecified atom stereocenters. The minimum absolute atomic E-state index is 0. The summed E-state index contributed by atoms with van der Waals surface area (Å²) in [6.45, 7) is 0. The molecule has 0 aliphatic heterocycles. The van der Waals surface area contributed by atoms with Gasteiger partial charge in [0.05, 0.1) is 0 Å². The normalized spacial score (nSPS) is 7.26. The first-order chi connectivity index (χ1) is 7.93. The van der Waals surface area contributed by atoms with Crippen molar-refractivity contribution in [1.82, 2.24) is 14.7 Å². The smallest absolute Gasteiger partial charge is 0.411 e. The summed E-state index contributed by atoms with van der Waals surface area (Å²) in [5.41, 5.74) is 0. The molecule has 0 amide bonds.